The molecule has 1 fully saturated rings. The number of carbonyl (C=O) groups excluding carboxylic acids is 1. The van der Waals surface area contributed by atoms with Crippen LogP contribution in [0.15, 0.2) is 65.3 Å². The van der Waals surface area contributed by atoms with Crippen LogP contribution < -0.4 is 4.74 Å². The van der Waals surface area contributed by atoms with Gasteiger partial charge >= 0.3 is 0 Å². The van der Waals surface area contributed by atoms with Crippen molar-refractivity contribution in [3.05, 3.63) is 72.1 Å². The summed E-state index contributed by atoms with van der Waals surface area (Å²) < 4.78 is 10.6. The molecule has 0 atom stereocenters. The van der Waals surface area contributed by atoms with Gasteiger partial charge in [0.2, 0.25) is 5.76 Å². The van der Waals surface area contributed by atoms with Crippen molar-refractivity contribution in [2.75, 3.05) is 7.11 Å². The number of ether oxygens (including phenoxy) is 1. The van der Waals surface area contributed by atoms with E-state index in [2.05, 4.69) is 23.4 Å². The molecule has 0 unspecified atom stereocenters. The molecule has 0 bridgehead atoms. The maximum Gasteiger partial charge on any atom is 0.293 e. The minimum absolute atomic E-state index is 0.109. The SMILES string of the molecule is COc1ccc(CN(C(=O)c2ccno2)C2CC2)cc1-c1ccccc1. The number of rotatable bonds is 6. The van der Waals surface area contributed by atoms with E-state index >= 15 is 0 Å². The fourth-order valence-corrected chi connectivity index (χ4v) is 3.11. The summed E-state index contributed by atoms with van der Waals surface area (Å²) in [6.07, 6.45) is 3.56. The fraction of sp³-hybridized carbons (Fsp3) is 0.238. The quantitative estimate of drug-likeness (QED) is 0.671. The van der Waals surface area contributed by atoms with E-state index in [4.69, 9.17) is 9.26 Å². The summed E-state index contributed by atoms with van der Waals surface area (Å²) in [5.74, 6) is 0.996. The van der Waals surface area contributed by atoms with E-state index in [1.165, 1.54) is 6.20 Å². The highest BCUT2D eigenvalue weighted by Crippen LogP contribution is 2.33. The van der Waals surface area contributed by atoms with Gasteiger partial charge in [0.15, 0.2) is 0 Å². The first kappa shape index (κ1) is 16.4. The molecule has 1 aromatic heterocycles. The Morgan fingerprint density at radius 3 is 2.65 bits per heavy atom. The summed E-state index contributed by atoms with van der Waals surface area (Å²) in [6, 6.07) is 18.1. The van der Waals surface area contributed by atoms with Crippen LogP contribution in [0, 0.1) is 0 Å². The lowest BCUT2D eigenvalue weighted by atomic mass is 10.0. The van der Waals surface area contributed by atoms with E-state index in [0.29, 0.717) is 6.54 Å². The standard InChI is InChI=1S/C21H20N2O3/c1-25-19-10-7-15(13-18(19)16-5-3-2-4-6-16)14-23(17-8-9-17)21(24)20-11-12-22-26-20/h2-7,10-13,17H,8-9,14H2,1H3. The van der Waals surface area contributed by atoms with Crippen molar-refractivity contribution in [2.24, 2.45) is 0 Å². The van der Waals surface area contributed by atoms with Crippen LogP contribution in [0.5, 0.6) is 5.75 Å². The lowest BCUT2D eigenvalue weighted by Crippen LogP contribution is -2.32. The lowest BCUT2D eigenvalue weighted by Gasteiger charge is -2.22. The number of amides is 1. The minimum Gasteiger partial charge on any atom is -0.496 e. The Bertz CT molecular complexity index is 887. The zero-order valence-corrected chi connectivity index (χ0v) is 14.6. The molecular weight excluding hydrogens is 328 g/mol. The molecule has 5 nitrogen and oxygen atoms in total. The third-order valence-corrected chi connectivity index (χ3v) is 4.60. The van der Waals surface area contributed by atoms with Gasteiger partial charge in [-0.25, -0.2) is 0 Å². The number of methoxy groups -OCH3 is 1. The van der Waals surface area contributed by atoms with Crippen LogP contribution in [-0.4, -0.2) is 29.1 Å². The average Bonchev–Trinajstić information content (AvgIpc) is 3.38. The number of carbonyl (C=O) groups is 1. The Morgan fingerprint density at radius 1 is 1.19 bits per heavy atom. The molecule has 0 radical (unpaired) electrons. The predicted molar refractivity (Wildman–Crippen MR) is 97.8 cm³/mol. The molecular formula is C21H20N2O3. The maximum atomic E-state index is 12.7. The van der Waals surface area contributed by atoms with Gasteiger partial charge in [-0.1, -0.05) is 41.6 Å². The Kier molecular flexibility index (Phi) is 4.44. The molecule has 1 amide bonds. The van der Waals surface area contributed by atoms with Gasteiger partial charge in [0, 0.05) is 24.2 Å². The summed E-state index contributed by atoms with van der Waals surface area (Å²) in [5.41, 5.74) is 3.17. The monoisotopic (exact) mass is 348 g/mol. The Hall–Kier alpha value is -3.08. The molecule has 1 aliphatic carbocycles. The van der Waals surface area contributed by atoms with Crippen LogP contribution >= 0.6 is 0 Å². The van der Waals surface area contributed by atoms with Gasteiger partial charge in [0.1, 0.15) is 5.75 Å². The number of nitrogens with zero attached hydrogens (tertiary/aromatic N) is 2. The van der Waals surface area contributed by atoms with E-state index in [-0.39, 0.29) is 17.7 Å². The van der Waals surface area contributed by atoms with E-state index in [1.54, 1.807) is 13.2 Å². The predicted octanol–water partition coefficient (Wildman–Crippen LogP) is 4.16. The maximum absolute atomic E-state index is 12.7. The van der Waals surface area contributed by atoms with Gasteiger partial charge in [0.25, 0.3) is 5.91 Å². The van der Waals surface area contributed by atoms with Gasteiger partial charge < -0.3 is 14.2 Å². The van der Waals surface area contributed by atoms with E-state index in [9.17, 15) is 4.79 Å². The van der Waals surface area contributed by atoms with Crippen LogP contribution in [0.25, 0.3) is 11.1 Å². The summed E-state index contributed by atoms with van der Waals surface area (Å²) in [6.45, 7) is 0.536. The van der Waals surface area contributed by atoms with Crippen molar-refractivity contribution >= 4 is 5.91 Å². The Balaban J connectivity index is 1.64. The van der Waals surface area contributed by atoms with Gasteiger partial charge in [-0.3, -0.25) is 4.79 Å². The van der Waals surface area contributed by atoms with Gasteiger partial charge in [0.05, 0.1) is 13.3 Å². The van der Waals surface area contributed by atoms with Crippen molar-refractivity contribution < 1.29 is 14.1 Å². The van der Waals surface area contributed by atoms with Crippen molar-refractivity contribution in [3.8, 4) is 16.9 Å². The normalized spacial score (nSPS) is 13.4. The lowest BCUT2D eigenvalue weighted by molar-refractivity contribution is 0.0687. The smallest absolute Gasteiger partial charge is 0.293 e. The molecule has 5 heteroatoms. The van der Waals surface area contributed by atoms with Crippen molar-refractivity contribution in [2.45, 2.75) is 25.4 Å². The van der Waals surface area contributed by atoms with Gasteiger partial charge in [-0.2, -0.15) is 0 Å². The minimum atomic E-state index is -0.109. The number of aromatic nitrogens is 1. The summed E-state index contributed by atoms with van der Waals surface area (Å²) in [5, 5.41) is 3.65. The van der Waals surface area contributed by atoms with Crippen molar-refractivity contribution in [3.63, 3.8) is 0 Å². The molecule has 3 aromatic rings. The highest BCUT2D eigenvalue weighted by Gasteiger charge is 2.34. The van der Waals surface area contributed by atoms with Crippen molar-refractivity contribution in [1.29, 1.82) is 0 Å². The molecule has 4 rings (SSSR count). The van der Waals surface area contributed by atoms with Gasteiger partial charge in [-0.05, 0) is 36.1 Å². The zero-order valence-electron chi connectivity index (χ0n) is 14.6. The van der Waals surface area contributed by atoms with E-state index < -0.39 is 0 Å². The number of hydrogen-bond acceptors (Lipinski definition) is 4. The van der Waals surface area contributed by atoms with Crippen LogP contribution in [0.1, 0.15) is 29.0 Å². The molecule has 0 saturated heterocycles. The molecule has 1 heterocycles. The first-order valence-electron chi connectivity index (χ1n) is 8.70. The summed E-state index contributed by atoms with van der Waals surface area (Å²) >= 11 is 0. The molecule has 0 aliphatic heterocycles. The topological polar surface area (TPSA) is 55.6 Å². The number of benzene rings is 2. The van der Waals surface area contributed by atoms with Crippen LogP contribution in [-0.2, 0) is 6.54 Å². The second-order valence-corrected chi connectivity index (χ2v) is 6.44. The molecule has 0 spiro atoms. The molecule has 26 heavy (non-hydrogen) atoms. The largest absolute Gasteiger partial charge is 0.496 e. The van der Waals surface area contributed by atoms with Crippen LogP contribution in [0.3, 0.4) is 0 Å². The third-order valence-electron chi connectivity index (χ3n) is 4.60. The Morgan fingerprint density at radius 2 is 2.00 bits per heavy atom. The first-order chi connectivity index (χ1) is 12.8. The molecule has 0 N–H and O–H groups in total. The molecule has 2 aromatic carbocycles. The first-order valence-corrected chi connectivity index (χ1v) is 8.70. The van der Waals surface area contributed by atoms with Crippen LogP contribution in [0.2, 0.25) is 0 Å². The highest BCUT2D eigenvalue weighted by molar-refractivity contribution is 5.91. The van der Waals surface area contributed by atoms with Crippen LogP contribution in [0.4, 0.5) is 0 Å². The fourth-order valence-electron chi connectivity index (χ4n) is 3.11. The molecule has 132 valence electrons. The highest BCUT2D eigenvalue weighted by atomic mass is 16.5. The zero-order chi connectivity index (χ0) is 17.9. The van der Waals surface area contributed by atoms with Crippen molar-refractivity contribution in [1.82, 2.24) is 10.1 Å². The number of hydrogen-bond donors (Lipinski definition) is 0. The van der Waals surface area contributed by atoms with E-state index in [1.807, 2.05) is 35.2 Å². The average molecular weight is 348 g/mol. The summed E-state index contributed by atoms with van der Waals surface area (Å²) in [4.78, 5) is 14.6. The van der Waals surface area contributed by atoms with E-state index in [0.717, 1.165) is 35.3 Å². The molecule has 1 saturated carbocycles. The second-order valence-electron chi connectivity index (χ2n) is 6.44. The Labute approximate surface area is 152 Å². The third kappa shape index (κ3) is 3.33. The summed E-state index contributed by atoms with van der Waals surface area (Å²) in [7, 11) is 1.67. The van der Waals surface area contributed by atoms with Gasteiger partial charge in [-0.15, -0.1) is 0 Å². The molecule has 1 aliphatic rings. The second kappa shape index (κ2) is 7.04.